The summed E-state index contributed by atoms with van der Waals surface area (Å²) in [4.78, 5) is 8.86. The molecule has 0 aliphatic rings. The summed E-state index contributed by atoms with van der Waals surface area (Å²) < 4.78 is 53.3. The minimum Gasteiger partial charge on any atom is -0.497 e. The van der Waals surface area contributed by atoms with E-state index in [0.29, 0.717) is 38.9 Å². The van der Waals surface area contributed by atoms with Gasteiger partial charge in [-0.15, -0.1) is 11.3 Å². The summed E-state index contributed by atoms with van der Waals surface area (Å²) >= 11 is 8.12. The van der Waals surface area contributed by atoms with Crippen LogP contribution in [0, 0.1) is 0 Å². The molecule has 5 rings (SSSR count). The van der Waals surface area contributed by atoms with Gasteiger partial charge in [0, 0.05) is 11.1 Å². The number of thiophene rings is 1. The van der Waals surface area contributed by atoms with Gasteiger partial charge in [-0.25, -0.2) is 9.97 Å². The first-order chi connectivity index (χ1) is 17.8. The lowest BCUT2D eigenvalue weighted by atomic mass is 10.1. The third-order valence-corrected chi connectivity index (χ3v) is 6.77. The molecule has 0 N–H and O–H groups in total. The highest BCUT2D eigenvalue weighted by Crippen LogP contribution is 2.39. The fourth-order valence-corrected chi connectivity index (χ4v) is 4.72. The molecule has 3 aromatic heterocycles. The normalized spacial score (nSPS) is 11.5. The van der Waals surface area contributed by atoms with Crippen LogP contribution in [0.15, 0.2) is 72.1 Å². The molecule has 3 heterocycles. The smallest absolute Gasteiger partial charge is 0.433 e. The third kappa shape index (κ3) is 4.90. The monoisotopic (exact) mass is 542 g/mol. The predicted molar refractivity (Wildman–Crippen MR) is 136 cm³/mol. The second-order valence-corrected chi connectivity index (χ2v) is 9.12. The second-order valence-electron chi connectivity index (χ2n) is 7.79. The highest BCUT2D eigenvalue weighted by Gasteiger charge is 2.35. The first-order valence-electron chi connectivity index (χ1n) is 10.9. The Morgan fingerprint density at radius 3 is 2.03 bits per heavy atom. The molecule has 0 bridgehead atoms. The molecule has 0 spiro atoms. The molecule has 5 aromatic rings. The molecule has 6 nitrogen and oxygen atoms in total. The molecule has 0 fully saturated rings. The SMILES string of the molecule is COc1ccc(-c2nn(-c3nc(-c4cccs4)cc(C(F)(F)F)n3)c(-c3ccc(OC)cc3)c2Cl)cc1. The molecule has 0 atom stereocenters. The maximum Gasteiger partial charge on any atom is 0.433 e. The Hall–Kier alpha value is -3.89. The summed E-state index contributed by atoms with van der Waals surface area (Å²) in [6.07, 6.45) is -4.69. The lowest BCUT2D eigenvalue weighted by molar-refractivity contribution is -0.141. The van der Waals surface area contributed by atoms with E-state index < -0.39 is 11.9 Å². The van der Waals surface area contributed by atoms with Crippen molar-refractivity contribution in [3.63, 3.8) is 0 Å². The summed E-state index contributed by atoms with van der Waals surface area (Å²) in [5.41, 5.74) is 0.978. The van der Waals surface area contributed by atoms with Crippen molar-refractivity contribution >= 4 is 22.9 Å². The molecule has 0 radical (unpaired) electrons. The van der Waals surface area contributed by atoms with Crippen molar-refractivity contribution in [2.24, 2.45) is 0 Å². The number of hydrogen-bond acceptors (Lipinski definition) is 6. The number of methoxy groups -OCH3 is 2. The van der Waals surface area contributed by atoms with E-state index in [1.807, 2.05) is 0 Å². The molecule has 0 saturated carbocycles. The van der Waals surface area contributed by atoms with Crippen molar-refractivity contribution in [2.75, 3.05) is 14.2 Å². The molecule has 0 saturated heterocycles. The number of halogens is 4. The Bertz CT molecular complexity index is 1530. The molecule has 188 valence electrons. The van der Waals surface area contributed by atoms with Crippen LogP contribution in [0.1, 0.15) is 5.69 Å². The molecule has 0 aliphatic heterocycles. The molecule has 37 heavy (non-hydrogen) atoms. The van der Waals surface area contributed by atoms with Crippen molar-refractivity contribution in [2.45, 2.75) is 6.18 Å². The van der Waals surface area contributed by atoms with Crippen molar-refractivity contribution in [1.82, 2.24) is 19.7 Å². The van der Waals surface area contributed by atoms with Gasteiger partial charge in [0.25, 0.3) is 5.95 Å². The van der Waals surface area contributed by atoms with Gasteiger partial charge in [-0.3, -0.25) is 0 Å². The maximum atomic E-state index is 13.9. The lowest BCUT2D eigenvalue weighted by Gasteiger charge is -2.12. The van der Waals surface area contributed by atoms with Crippen molar-refractivity contribution in [3.05, 3.63) is 82.8 Å². The average molecular weight is 543 g/mol. The van der Waals surface area contributed by atoms with Crippen LogP contribution in [0.3, 0.4) is 0 Å². The highest BCUT2D eigenvalue weighted by molar-refractivity contribution is 7.13. The first-order valence-corrected chi connectivity index (χ1v) is 12.1. The fraction of sp³-hybridized carbons (Fsp3) is 0.115. The van der Waals surface area contributed by atoms with Crippen molar-refractivity contribution in [1.29, 1.82) is 0 Å². The van der Waals surface area contributed by atoms with Crippen LogP contribution in [0.25, 0.3) is 39.0 Å². The molecule has 0 unspecified atom stereocenters. The van der Waals surface area contributed by atoms with Crippen LogP contribution in [-0.4, -0.2) is 34.0 Å². The van der Waals surface area contributed by atoms with E-state index in [0.717, 1.165) is 6.07 Å². The fourth-order valence-electron chi connectivity index (χ4n) is 3.70. The molecule has 0 aliphatic carbocycles. The Kier molecular flexibility index (Phi) is 6.61. The number of ether oxygens (including phenoxy) is 2. The first kappa shape index (κ1) is 24.8. The van der Waals surface area contributed by atoms with E-state index >= 15 is 0 Å². The molecular weight excluding hydrogens is 525 g/mol. The van der Waals surface area contributed by atoms with Crippen molar-refractivity contribution in [3.8, 4) is 50.5 Å². The zero-order valence-corrected chi connectivity index (χ0v) is 21.0. The number of nitrogens with zero attached hydrogens (tertiary/aromatic N) is 4. The van der Waals surface area contributed by atoms with Gasteiger partial charge < -0.3 is 9.47 Å². The van der Waals surface area contributed by atoms with Crippen LogP contribution < -0.4 is 9.47 Å². The second kappa shape index (κ2) is 9.87. The van der Waals surface area contributed by atoms with Gasteiger partial charge in [0.15, 0.2) is 5.69 Å². The molecule has 0 amide bonds. The molecular formula is C26H18ClF3N4O2S. The van der Waals surface area contributed by atoms with E-state index in [2.05, 4.69) is 15.1 Å². The van der Waals surface area contributed by atoms with E-state index in [1.165, 1.54) is 23.1 Å². The standard InChI is InChI=1S/C26H18ClF3N4O2S/c1-35-17-9-5-15(6-10-17)23-22(27)24(16-7-11-18(36-2)12-8-16)34(33-23)25-31-19(20-4-3-13-37-20)14-21(32-25)26(28,29)30/h3-14H,1-2H3. The molecule has 2 aromatic carbocycles. The number of alkyl halides is 3. The Morgan fingerprint density at radius 2 is 1.49 bits per heavy atom. The van der Waals surface area contributed by atoms with Gasteiger partial charge in [0.05, 0.1) is 35.5 Å². The van der Waals surface area contributed by atoms with Crippen LogP contribution in [0.5, 0.6) is 11.5 Å². The van der Waals surface area contributed by atoms with Crippen molar-refractivity contribution < 1.29 is 22.6 Å². The van der Waals surface area contributed by atoms with Gasteiger partial charge in [-0.1, -0.05) is 17.7 Å². The summed E-state index contributed by atoms with van der Waals surface area (Å²) in [7, 11) is 3.09. The maximum absolute atomic E-state index is 13.9. The average Bonchev–Trinajstić information content (AvgIpc) is 3.57. The van der Waals surface area contributed by atoms with Gasteiger partial charge >= 0.3 is 6.18 Å². The van der Waals surface area contributed by atoms with Gasteiger partial charge in [-0.2, -0.15) is 23.0 Å². The van der Waals surface area contributed by atoms with Gasteiger partial charge in [0.1, 0.15) is 17.2 Å². The lowest BCUT2D eigenvalue weighted by Crippen LogP contribution is -2.14. The summed E-state index contributed by atoms with van der Waals surface area (Å²) in [6, 6.07) is 18.3. The number of hydrogen-bond donors (Lipinski definition) is 0. The minimum absolute atomic E-state index is 0.130. The predicted octanol–water partition coefficient (Wildman–Crippen LogP) is 7.41. The Balaban J connectivity index is 1.76. The summed E-state index contributed by atoms with van der Waals surface area (Å²) in [5.74, 6) is 0.985. The largest absolute Gasteiger partial charge is 0.497 e. The van der Waals surface area contributed by atoms with Crippen LogP contribution in [-0.2, 0) is 6.18 Å². The Labute approximate surface area is 218 Å². The zero-order valence-electron chi connectivity index (χ0n) is 19.5. The topological polar surface area (TPSA) is 62.1 Å². The van der Waals surface area contributed by atoms with E-state index in [9.17, 15) is 13.2 Å². The zero-order chi connectivity index (χ0) is 26.2. The number of rotatable bonds is 6. The Morgan fingerprint density at radius 1 is 0.865 bits per heavy atom. The highest BCUT2D eigenvalue weighted by atomic mass is 35.5. The summed E-state index contributed by atoms with van der Waals surface area (Å²) in [5, 5.41) is 6.59. The molecule has 11 heteroatoms. The van der Waals surface area contributed by atoms with E-state index in [-0.39, 0.29) is 16.7 Å². The number of aromatic nitrogens is 4. The third-order valence-electron chi connectivity index (χ3n) is 5.52. The summed E-state index contributed by atoms with van der Waals surface area (Å²) in [6.45, 7) is 0. The van der Waals surface area contributed by atoms with E-state index in [1.54, 1.807) is 73.2 Å². The van der Waals surface area contributed by atoms with Crippen LogP contribution in [0.2, 0.25) is 5.02 Å². The number of benzene rings is 2. The van der Waals surface area contributed by atoms with E-state index in [4.69, 9.17) is 21.1 Å². The van der Waals surface area contributed by atoms with Gasteiger partial charge in [0.2, 0.25) is 0 Å². The minimum atomic E-state index is -4.69. The van der Waals surface area contributed by atoms with Crippen LogP contribution in [0.4, 0.5) is 13.2 Å². The quantitative estimate of drug-likeness (QED) is 0.223. The van der Waals surface area contributed by atoms with Crippen LogP contribution >= 0.6 is 22.9 Å². The van der Waals surface area contributed by atoms with Gasteiger partial charge in [-0.05, 0) is 66.0 Å².